The number of ether oxygens (including phenoxy) is 3. The average molecular weight is 495 g/mol. The molecule has 4 aliphatic carbocycles. The molecule has 5 rings (SSSR count). The minimum Gasteiger partial charge on any atom is -0.458 e. The Morgan fingerprint density at radius 1 is 1.20 bits per heavy atom. The second-order valence-electron chi connectivity index (χ2n) is 11.6. The number of alkyl halides is 2. The van der Waals surface area contributed by atoms with Crippen molar-refractivity contribution in [2.45, 2.75) is 89.3 Å². The maximum absolute atomic E-state index is 17.3. The zero-order valence-corrected chi connectivity index (χ0v) is 20.6. The molecule has 2 unspecified atom stereocenters. The lowest BCUT2D eigenvalue weighted by atomic mass is 9.44. The lowest BCUT2D eigenvalue weighted by Crippen LogP contribution is -2.71. The number of hydrogen-bond donors (Lipinski definition) is 1. The number of Topliss-reactive ketones (excluding diaryl/α,β-unsaturated/α-hetero) is 1. The van der Waals surface area contributed by atoms with E-state index >= 15 is 8.78 Å². The van der Waals surface area contributed by atoms with Gasteiger partial charge in [0.15, 0.2) is 29.4 Å². The fourth-order valence-corrected chi connectivity index (χ4v) is 8.08. The van der Waals surface area contributed by atoms with Gasteiger partial charge in [-0.25, -0.2) is 8.78 Å². The van der Waals surface area contributed by atoms with Gasteiger partial charge in [0.25, 0.3) is 0 Å². The van der Waals surface area contributed by atoms with Crippen LogP contribution in [0.25, 0.3) is 0 Å². The molecule has 0 radical (unpaired) electrons. The second-order valence-corrected chi connectivity index (χ2v) is 11.6. The minimum atomic E-state index is -2.27. The topological polar surface area (TPSA) is 99.1 Å². The number of halogens is 2. The van der Waals surface area contributed by atoms with Crippen molar-refractivity contribution in [2.24, 2.45) is 22.7 Å². The second kappa shape index (κ2) is 7.29. The molecule has 0 aromatic rings. The third-order valence-electron chi connectivity index (χ3n) is 9.44. The molecule has 1 saturated heterocycles. The number of hydrogen-bond acceptors (Lipinski definition) is 7. The summed E-state index contributed by atoms with van der Waals surface area (Å²) in [5.74, 6) is -4.23. The maximum Gasteiger partial charge on any atom is 0.303 e. The molecule has 4 fully saturated rings. The molecular formula is C26H32F2O7. The molecule has 9 heteroatoms. The summed E-state index contributed by atoms with van der Waals surface area (Å²) in [5, 5.41) is 11.5. The Bertz CT molecular complexity index is 1070. The molecule has 1 aliphatic heterocycles. The first-order chi connectivity index (χ1) is 16.1. The van der Waals surface area contributed by atoms with Gasteiger partial charge in [-0.15, -0.1) is 0 Å². The van der Waals surface area contributed by atoms with Crippen molar-refractivity contribution in [3.05, 3.63) is 23.8 Å². The summed E-state index contributed by atoms with van der Waals surface area (Å²) in [6.45, 7) is 7.28. The average Bonchev–Trinajstić information content (AvgIpc) is 3.16. The Kier molecular flexibility index (Phi) is 5.15. The fraction of sp³-hybridized carbons (Fsp3) is 0.731. The largest absolute Gasteiger partial charge is 0.458 e. The van der Waals surface area contributed by atoms with Crippen LogP contribution in [0.5, 0.6) is 0 Å². The van der Waals surface area contributed by atoms with Gasteiger partial charge in [0.2, 0.25) is 5.78 Å². The summed E-state index contributed by atoms with van der Waals surface area (Å²) in [4.78, 5) is 37.1. The van der Waals surface area contributed by atoms with E-state index in [1.165, 1.54) is 26.0 Å². The molecule has 5 aliphatic rings. The predicted molar refractivity (Wildman–Crippen MR) is 118 cm³/mol. The highest BCUT2D eigenvalue weighted by Gasteiger charge is 2.80. The zero-order valence-electron chi connectivity index (χ0n) is 20.6. The summed E-state index contributed by atoms with van der Waals surface area (Å²) in [6.07, 6.45) is -0.345. The molecule has 0 aromatic heterocycles. The highest BCUT2D eigenvalue weighted by Crippen LogP contribution is 2.72. The third-order valence-corrected chi connectivity index (χ3v) is 9.44. The molecule has 0 bridgehead atoms. The lowest BCUT2D eigenvalue weighted by molar-refractivity contribution is -0.249. The molecule has 192 valence electrons. The molecule has 1 N–H and O–H groups in total. The number of allylic oxidation sites excluding steroid dienone is 4. The summed E-state index contributed by atoms with van der Waals surface area (Å²) in [7, 11) is 0. The monoisotopic (exact) mass is 494 g/mol. The van der Waals surface area contributed by atoms with Gasteiger partial charge in [0, 0.05) is 23.7 Å². The van der Waals surface area contributed by atoms with Gasteiger partial charge < -0.3 is 19.3 Å². The van der Waals surface area contributed by atoms with Crippen LogP contribution in [0.15, 0.2) is 23.8 Å². The first-order valence-electron chi connectivity index (χ1n) is 12.1. The van der Waals surface area contributed by atoms with Crippen molar-refractivity contribution in [3.8, 4) is 0 Å². The van der Waals surface area contributed by atoms with Gasteiger partial charge in [0.05, 0.1) is 12.2 Å². The van der Waals surface area contributed by atoms with E-state index in [0.29, 0.717) is 0 Å². The van der Waals surface area contributed by atoms with Crippen molar-refractivity contribution in [3.63, 3.8) is 0 Å². The quantitative estimate of drug-likeness (QED) is 0.603. The fourth-order valence-electron chi connectivity index (χ4n) is 8.08. The number of aliphatic hydroxyl groups is 1. The van der Waals surface area contributed by atoms with Gasteiger partial charge >= 0.3 is 5.97 Å². The first-order valence-corrected chi connectivity index (χ1v) is 12.1. The van der Waals surface area contributed by atoms with Crippen LogP contribution >= 0.6 is 0 Å². The van der Waals surface area contributed by atoms with Crippen molar-refractivity contribution in [1.82, 2.24) is 0 Å². The van der Waals surface area contributed by atoms with Crippen molar-refractivity contribution in [2.75, 3.05) is 6.61 Å². The molecule has 9 atom stereocenters. The Morgan fingerprint density at radius 2 is 1.89 bits per heavy atom. The molecule has 0 aromatic carbocycles. The first kappa shape index (κ1) is 24.7. The summed E-state index contributed by atoms with van der Waals surface area (Å²) in [5.41, 5.74) is -6.46. The minimum absolute atomic E-state index is 0.0406. The number of aliphatic hydroxyl groups excluding tert-OH is 1. The van der Waals surface area contributed by atoms with E-state index in [1.807, 2.05) is 0 Å². The van der Waals surface area contributed by atoms with Gasteiger partial charge in [-0.3, -0.25) is 14.4 Å². The summed E-state index contributed by atoms with van der Waals surface area (Å²) in [6, 6.07) is 0. The lowest BCUT2D eigenvalue weighted by Gasteiger charge is -2.63. The number of carbonyl (C=O) groups excluding carboxylic acids is 3. The molecule has 0 spiro atoms. The van der Waals surface area contributed by atoms with E-state index in [4.69, 9.17) is 14.2 Å². The maximum atomic E-state index is 17.3. The normalized spacial score (nSPS) is 49.4. The van der Waals surface area contributed by atoms with Crippen LogP contribution in [-0.2, 0) is 28.6 Å². The number of carbonyl (C=O) groups is 3. The van der Waals surface area contributed by atoms with Crippen molar-refractivity contribution < 1.29 is 42.5 Å². The van der Waals surface area contributed by atoms with Crippen LogP contribution in [0.2, 0.25) is 0 Å². The number of esters is 1. The van der Waals surface area contributed by atoms with E-state index < -0.39 is 82.2 Å². The number of ketones is 2. The molecule has 35 heavy (non-hydrogen) atoms. The standard InChI is InChI=1S/C26H32F2O7/c1-13(29)33-12-20(32)26-21(34-22(2,3)35-26)10-15-16-9-18(27)17-8-14(30)6-7-23(17,4)25(16,28)19(31)11-24(15,26)5/h6-8,15-16,18-19,21,31H,9-12H2,1-5H3/t15?,16-,18-,19?,21+,23-,24-,25-,26+/m0/s1. The Balaban J connectivity index is 1.62. The molecular weight excluding hydrogens is 462 g/mol. The van der Waals surface area contributed by atoms with Gasteiger partial charge in [0.1, 0.15) is 6.17 Å². The van der Waals surface area contributed by atoms with Crippen molar-refractivity contribution >= 4 is 17.5 Å². The Labute approximate surface area is 202 Å². The highest BCUT2D eigenvalue weighted by atomic mass is 19.1. The highest BCUT2D eigenvalue weighted by molar-refractivity contribution is 6.01. The zero-order chi connectivity index (χ0) is 25.8. The van der Waals surface area contributed by atoms with E-state index in [1.54, 1.807) is 20.8 Å². The van der Waals surface area contributed by atoms with Crippen LogP contribution in [0.1, 0.15) is 53.9 Å². The van der Waals surface area contributed by atoms with E-state index in [0.717, 1.165) is 6.08 Å². The van der Waals surface area contributed by atoms with Crippen LogP contribution < -0.4 is 0 Å². The van der Waals surface area contributed by atoms with E-state index in [2.05, 4.69) is 0 Å². The van der Waals surface area contributed by atoms with Crippen LogP contribution in [0.3, 0.4) is 0 Å². The third kappa shape index (κ3) is 2.95. The molecule has 0 amide bonds. The van der Waals surface area contributed by atoms with Gasteiger partial charge in [-0.2, -0.15) is 0 Å². The van der Waals surface area contributed by atoms with Crippen LogP contribution in [0.4, 0.5) is 8.78 Å². The van der Waals surface area contributed by atoms with Crippen molar-refractivity contribution in [1.29, 1.82) is 0 Å². The van der Waals surface area contributed by atoms with Gasteiger partial charge in [-0.1, -0.05) is 13.0 Å². The molecule has 3 saturated carbocycles. The SMILES string of the molecule is CC(=O)OCC(=O)[C@@]12OC(C)(C)O[C@@H]1CC1[C@@H]3C[C@H](F)C4=CC(=O)C=C[C@]4(C)[C@@]3(F)C(O)C[C@@]12C. The Morgan fingerprint density at radius 3 is 2.54 bits per heavy atom. The van der Waals surface area contributed by atoms with Gasteiger partial charge in [-0.05, 0) is 63.7 Å². The molecule has 1 heterocycles. The van der Waals surface area contributed by atoms with Crippen LogP contribution in [0, 0.1) is 22.7 Å². The predicted octanol–water partition coefficient (Wildman–Crippen LogP) is 2.94. The smallest absolute Gasteiger partial charge is 0.303 e. The van der Waals surface area contributed by atoms with E-state index in [-0.39, 0.29) is 24.8 Å². The summed E-state index contributed by atoms with van der Waals surface area (Å²) >= 11 is 0. The Hall–Kier alpha value is -1.97. The number of rotatable bonds is 3. The molecule has 7 nitrogen and oxygen atoms in total. The van der Waals surface area contributed by atoms with Crippen LogP contribution in [-0.4, -0.2) is 64.7 Å². The summed E-state index contributed by atoms with van der Waals surface area (Å²) < 4.78 is 50.3. The van der Waals surface area contributed by atoms with E-state index in [9.17, 15) is 19.5 Å². The number of fused-ring (bicyclic) bond motifs is 7.